The van der Waals surface area contributed by atoms with Gasteiger partial charge < -0.3 is 15.4 Å². The van der Waals surface area contributed by atoms with Crippen LogP contribution in [-0.2, 0) is 6.54 Å². The number of carbonyl (C=O) groups is 1. The van der Waals surface area contributed by atoms with Gasteiger partial charge >= 0.3 is 6.03 Å². The number of anilines is 1. The maximum Gasteiger partial charge on any atom is 0.319 e. The van der Waals surface area contributed by atoms with Crippen LogP contribution < -0.4 is 15.4 Å². The van der Waals surface area contributed by atoms with E-state index in [0.29, 0.717) is 11.4 Å². The van der Waals surface area contributed by atoms with Crippen molar-refractivity contribution in [3.63, 3.8) is 0 Å². The van der Waals surface area contributed by atoms with E-state index in [2.05, 4.69) is 46.5 Å². The number of carbonyl (C=O) groups excluding carboxylic acids is 1. The number of urea groups is 1. The number of thiophene rings is 1. The van der Waals surface area contributed by atoms with E-state index in [1.807, 2.05) is 12.3 Å². The number of aromatic nitrogens is 2. The summed E-state index contributed by atoms with van der Waals surface area (Å²) in [6.45, 7) is 7.90. The Bertz CT molecular complexity index is 1510. The van der Waals surface area contributed by atoms with Gasteiger partial charge in [-0.3, -0.25) is 14.9 Å². The number of likely N-dealkylation sites (tertiary alicyclic amines) is 1. The molecule has 1 saturated heterocycles. The van der Waals surface area contributed by atoms with Crippen molar-refractivity contribution in [1.82, 2.24) is 20.2 Å². The molecule has 2 N–H and O–H groups in total. The van der Waals surface area contributed by atoms with Gasteiger partial charge in [0, 0.05) is 42.8 Å². The fraction of sp³-hybridized carbons (Fsp3) is 0.406. The van der Waals surface area contributed by atoms with E-state index in [9.17, 15) is 9.18 Å². The van der Waals surface area contributed by atoms with E-state index in [0.717, 1.165) is 65.1 Å². The van der Waals surface area contributed by atoms with Crippen LogP contribution in [0.3, 0.4) is 0 Å². The quantitative estimate of drug-likeness (QED) is 0.213. The predicted molar refractivity (Wildman–Crippen MR) is 162 cm³/mol. The Balaban J connectivity index is 1.11. The van der Waals surface area contributed by atoms with Crippen molar-refractivity contribution in [2.24, 2.45) is 11.8 Å². The Morgan fingerprint density at radius 1 is 1.10 bits per heavy atom. The largest absolute Gasteiger partial charge is 0.453 e. The van der Waals surface area contributed by atoms with Crippen molar-refractivity contribution >= 4 is 33.3 Å². The summed E-state index contributed by atoms with van der Waals surface area (Å²) in [5.41, 5.74) is 3.24. The number of hydrogen-bond donors (Lipinski definition) is 2. The van der Waals surface area contributed by atoms with Crippen molar-refractivity contribution in [1.29, 1.82) is 0 Å². The lowest BCUT2D eigenvalue weighted by Gasteiger charge is -2.34. The second-order valence-corrected chi connectivity index (χ2v) is 12.4. The van der Waals surface area contributed by atoms with Crippen LogP contribution in [0.15, 0.2) is 54.9 Å². The van der Waals surface area contributed by atoms with Gasteiger partial charge in [-0.25, -0.2) is 9.18 Å². The van der Waals surface area contributed by atoms with E-state index >= 15 is 0 Å². The summed E-state index contributed by atoms with van der Waals surface area (Å²) in [6, 6.07) is 12.3. The highest BCUT2D eigenvalue weighted by Crippen LogP contribution is 2.39. The standard InChI is InChI=1S/C32H36FN5O2S/c1-3-20(2)22-11-14-38(15-12-22)19-21-4-8-26(35-18-21)30-17-27-31(41-30)29(10-13-34-27)40-28-9-7-24(16-25(28)33)37-32(39)36-23-5-6-23/h4,7-10,13,16-18,20,22-23H,3,5-6,11-12,14-15,19H2,1-2H3,(H2,36,37,39). The molecule has 214 valence electrons. The third kappa shape index (κ3) is 6.68. The fourth-order valence-corrected chi connectivity index (χ4v) is 6.46. The Labute approximate surface area is 244 Å². The maximum absolute atomic E-state index is 14.9. The minimum atomic E-state index is -0.558. The average molecular weight is 574 g/mol. The van der Waals surface area contributed by atoms with Gasteiger partial charge in [-0.15, -0.1) is 11.3 Å². The van der Waals surface area contributed by atoms with Crippen LogP contribution in [0.25, 0.3) is 20.8 Å². The highest BCUT2D eigenvalue weighted by atomic mass is 32.1. The normalized spacial score (nSPS) is 17.0. The first-order valence-corrected chi connectivity index (χ1v) is 15.4. The Hall–Kier alpha value is -3.56. The zero-order chi connectivity index (χ0) is 28.3. The third-order valence-corrected chi connectivity index (χ3v) is 9.42. The van der Waals surface area contributed by atoms with E-state index in [-0.39, 0.29) is 17.8 Å². The molecule has 1 saturated carbocycles. The summed E-state index contributed by atoms with van der Waals surface area (Å²) in [7, 11) is 0. The summed E-state index contributed by atoms with van der Waals surface area (Å²) in [4.78, 5) is 24.7. The molecule has 2 amide bonds. The molecule has 2 fully saturated rings. The molecule has 0 radical (unpaired) electrons. The number of fused-ring (bicyclic) bond motifs is 1. The molecule has 3 aromatic heterocycles. The zero-order valence-corrected chi connectivity index (χ0v) is 24.3. The van der Waals surface area contributed by atoms with Crippen LogP contribution in [0, 0.1) is 17.7 Å². The van der Waals surface area contributed by atoms with Gasteiger partial charge in [0.05, 0.1) is 20.8 Å². The summed E-state index contributed by atoms with van der Waals surface area (Å²) >= 11 is 1.52. The number of nitrogens with zero attached hydrogens (tertiary/aromatic N) is 3. The molecule has 4 aromatic rings. The minimum Gasteiger partial charge on any atom is -0.453 e. The molecule has 1 atom stereocenters. The van der Waals surface area contributed by atoms with Crippen LogP contribution >= 0.6 is 11.3 Å². The Morgan fingerprint density at radius 2 is 1.93 bits per heavy atom. The molecule has 41 heavy (non-hydrogen) atoms. The third-order valence-electron chi connectivity index (χ3n) is 8.26. The van der Waals surface area contributed by atoms with Crippen LogP contribution in [0.5, 0.6) is 11.5 Å². The van der Waals surface area contributed by atoms with Gasteiger partial charge in [0.1, 0.15) is 5.75 Å². The number of ether oxygens (including phenoxy) is 1. The molecule has 2 aliphatic rings. The average Bonchev–Trinajstić information content (AvgIpc) is 3.68. The Morgan fingerprint density at radius 3 is 2.63 bits per heavy atom. The molecule has 1 aromatic carbocycles. The first kappa shape index (κ1) is 27.6. The zero-order valence-electron chi connectivity index (χ0n) is 23.5. The highest BCUT2D eigenvalue weighted by Gasteiger charge is 2.24. The molecular weight excluding hydrogens is 537 g/mol. The van der Waals surface area contributed by atoms with Crippen LogP contribution in [0.1, 0.15) is 51.5 Å². The summed E-state index contributed by atoms with van der Waals surface area (Å²) in [5.74, 6) is 1.71. The second-order valence-electron chi connectivity index (χ2n) is 11.3. The van der Waals surface area contributed by atoms with Gasteiger partial charge in [0.15, 0.2) is 11.6 Å². The van der Waals surface area contributed by atoms with E-state index in [1.54, 1.807) is 18.3 Å². The number of benzene rings is 1. The van der Waals surface area contributed by atoms with Crippen LogP contribution in [0.4, 0.5) is 14.9 Å². The van der Waals surface area contributed by atoms with Crippen molar-refractivity contribution in [2.75, 3.05) is 18.4 Å². The van der Waals surface area contributed by atoms with E-state index in [4.69, 9.17) is 9.72 Å². The summed E-state index contributed by atoms with van der Waals surface area (Å²) in [6.07, 6.45) is 9.42. The maximum atomic E-state index is 14.9. The first-order valence-electron chi connectivity index (χ1n) is 14.6. The molecule has 6 rings (SSSR count). The van der Waals surface area contributed by atoms with Gasteiger partial charge in [-0.05, 0) is 80.4 Å². The summed E-state index contributed by atoms with van der Waals surface area (Å²) < 4.78 is 21.7. The van der Waals surface area contributed by atoms with E-state index < -0.39 is 5.82 Å². The smallest absolute Gasteiger partial charge is 0.319 e. The lowest BCUT2D eigenvalue weighted by molar-refractivity contribution is 0.145. The SMILES string of the molecule is CCC(C)C1CCN(Cc2ccc(-c3cc4nccc(Oc5ccc(NC(=O)NC6CC6)cc5F)c4s3)nc2)CC1. The number of hydrogen-bond acceptors (Lipinski definition) is 6. The summed E-state index contributed by atoms with van der Waals surface area (Å²) in [5, 5.41) is 5.49. The van der Waals surface area contributed by atoms with E-state index in [1.165, 1.54) is 48.3 Å². The molecule has 9 heteroatoms. The molecule has 1 unspecified atom stereocenters. The molecule has 7 nitrogen and oxygen atoms in total. The molecule has 0 bridgehead atoms. The van der Waals surface area contributed by atoms with Gasteiger partial charge in [0.2, 0.25) is 0 Å². The monoisotopic (exact) mass is 573 g/mol. The lowest BCUT2D eigenvalue weighted by Crippen LogP contribution is -2.35. The molecule has 0 spiro atoms. The molecule has 1 aliphatic carbocycles. The van der Waals surface area contributed by atoms with Crippen molar-refractivity contribution in [2.45, 2.75) is 58.5 Å². The number of piperidine rings is 1. The topological polar surface area (TPSA) is 79.4 Å². The minimum absolute atomic E-state index is 0.0799. The first-order chi connectivity index (χ1) is 19.9. The van der Waals surface area contributed by atoms with Crippen LogP contribution in [0.2, 0.25) is 0 Å². The number of halogens is 1. The number of nitrogens with one attached hydrogen (secondary N) is 2. The Kier molecular flexibility index (Phi) is 8.16. The van der Waals surface area contributed by atoms with Crippen molar-refractivity contribution in [3.8, 4) is 22.1 Å². The molecular formula is C32H36FN5O2S. The van der Waals surface area contributed by atoms with Crippen LogP contribution in [-0.4, -0.2) is 40.0 Å². The highest BCUT2D eigenvalue weighted by molar-refractivity contribution is 7.22. The predicted octanol–water partition coefficient (Wildman–Crippen LogP) is 7.83. The lowest BCUT2D eigenvalue weighted by atomic mass is 9.84. The fourth-order valence-electron chi connectivity index (χ4n) is 5.42. The van der Waals surface area contributed by atoms with Gasteiger partial charge in [0.25, 0.3) is 0 Å². The molecule has 1 aliphatic heterocycles. The number of pyridine rings is 2. The number of rotatable bonds is 9. The second kappa shape index (κ2) is 12.1. The van der Waals surface area contributed by atoms with Crippen molar-refractivity contribution < 1.29 is 13.9 Å². The number of amides is 2. The molecule has 4 heterocycles. The van der Waals surface area contributed by atoms with Gasteiger partial charge in [-0.2, -0.15) is 0 Å². The van der Waals surface area contributed by atoms with Gasteiger partial charge in [-0.1, -0.05) is 26.3 Å². The van der Waals surface area contributed by atoms with Crippen molar-refractivity contribution in [3.05, 3.63) is 66.2 Å².